The summed E-state index contributed by atoms with van der Waals surface area (Å²) in [6, 6.07) is 4.63. The fourth-order valence-corrected chi connectivity index (χ4v) is 2.87. The molecule has 0 aliphatic carbocycles. The number of carboxylic acid groups (broad SMARTS) is 1. The normalized spacial score (nSPS) is 12.9. The Morgan fingerprint density at radius 1 is 1.61 bits per heavy atom. The van der Waals surface area contributed by atoms with Crippen molar-refractivity contribution in [1.82, 2.24) is 4.57 Å². The van der Waals surface area contributed by atoms with Gasteiger partial charge in [0.15, 0.2) is 0 Å². The predicted octanol–water partition coefficient (Wildman–Crippen LogP) is 2.55. The van der Waals surface area contributed by atoms with Gasteiger partial charge in [0.1, 0.15) is 6.04 Å². The smallest absolute Gasteiger partial charge is 0.320 e. The van der Waals surface area contributed by atoms with Gasteiger partial charge in [-0.3, -0.25) is 4.79 Å². The van der Waals surface area contributed by atoms with Crippen molar-refractivity contribution in [2.75, 3.05) is 0 Å². The van der Waals surface area contributed by atoms with Crippen LogP contribution in [0.3, 0.4) is 0 Å². The number of carbonyl (C=O) groups is 1. The second-order valence-electron chi connectivity index (χ2n) is 4.11. The Hall–Kier alpha value is -1.04. The molecule has 1 unspecified atom stereocenters. The summed E-state index contributed by atoms with van der Waals surface area (Å²) in [5, 5.41) is 10.4. The number of nitrogens with zero attached hydrogens (tertiary/aromatic N) is 1. The standard InChI is InChI=1S/C12H12BrClN2O2/c1-16-10-6(3-2-4-8(10)14)7(11(16)13)5-9(15)12(17)18/h2-4,9H,5,15H2,1H3,(H,17,18). The number of benzene rings is 1. The number of para-hydroxylation sites is 1. The molecule has 0 radical (unpaired) electrons. The Labute approximate surface area is 117 Å². The summed E-state index contributed by atoms with van der Waals surface area (Å²) in [5.41, 5.74) is 7.33. The summed E-state index contributed by atoms with van der Waals surface area (Å²) >= 11 is 9.62. The van der Waals surface area contributed by atoms with Crippen LogP contribution in [-0.2, 0) is 18.3 Å². The maximum absolute atomic E-state index is 10.9. The van der Waals surface area contributed by atoms with Crippen LogP contribution in [0.25, 0.3) is 10.9 Å². The van der Waals surface area contributed by atoms with E-state index in [4.69, 9.17) is 22.4 Å². The molecule has 96 valence electrons. The van der Waals surface area contributed by atoms with Gasteiger partial charge in [-0.15, -0.1) is 0 Å². The molecule has 0 bridgehead atoms. The molecule has 0 amide bonds. The molecule has 1 aromatic heterocycles. The van der Waals surface area contributed by atoms with Gasteiger partial charge in [-0.25, -0.2) is 0 Å². The average molecular weight is 332 g/mol. The quantitative estimate of drug-likeness (QED) is 0.908. The zero-order valence-corrected chi connectivity index (χ0v) is 12.0. The van der Waals surface area contributed by atoms with Crippen molar-refractivity contribution in [3.05, 3.63) is 33.4 Å². The third kappa shape index (κ3) is 2.13. The number of fused-ring (bicyclic) bond motifs is 1. The van der Waals surface area contributed by atoms with Gasteiger partial charge in [0, 0.05) is 18.9 Å². The zero-order chi connectivity index (χ0) is 13.4. The van der Waals surface area contributed by atoms with E-state index >= 15 is 0 Å². The van der Waals surface area contributed by atoms with Crippen LogP contribution in [0, 0.1) is 0 Å². The zero-order valence-electron chi connectivity index (χ0n) is 9.65. The van der Waals surface area contributed by atoms with Crippen molar-refractivity contribution in [2.45, 2.75) is 12.5 Å². The topological polar surface area (TPSA) is 68.2 Å². The van der Waals surface area contributed by atoms with Gasteiger partial charge in [0.2, 0.25) is 0 Å². The first-order valence-corrected chi connectivity index (χ1v) is 6.50. The van der Waals surface area contributed by atoms with Crippen molar-refractivity contribution in [3.8, 4) is 0 Å². The number of hydrogen-bond acceptors (Lipinski definition) is 2. The Balaban J connectivity index is 2.61. The lowest BCUT2D eigenvalue weighted by Crippen LogP contribution is -2.32. The summed E-state index contributed by atoms with van der Waals surface area (Å²) in [5.74, 6) is -1.01. The van der Waals surface area contributed by atoms with Crippen LogP contribution in [0.5, 0.6) is 0 Å². The summed E-state index contributed by atoms with van der Waals surface area (Å²) in [7, 11) is 1.87. The van der Waals surface area contributed by atoms with E-state index in [0.29, 0.717) is 5.02 Å². The number of rotatable bonds is 3. The monoisotopic (exact) mass is 330 g/mol. The van der Waals surface area contributed by atoms with E-state index in [1.54, 1.807) is 6.07 Å². The lowest BCUT2D eigenvalue weighted by atomic mass is 10.1. The number of nitrogens with two attached hydrogens (primary N) is 1. The van der Waals surface area contributed by atoms with Gasteiger partial charge in [0.25, 0.3) is 0 Å². The average Bonchev–Trinajstić information content (AvgIpc) is 2.55. The van der Waals surface area contributed by atoms with Crippen LogP contribution in [0.4, 0.5) is 0 Å². The van der Waals surface area contributed by atoms with Gasteiger partial charge >= 0.3 is 5.97 Å². The van der Waals surface area contributed by atoms with Crippen molar-refractivity contribution in [3.63, 3.8) is 0 Å². The minimum absolute atomic E-state index is 0.258. The summed E-state index contributed by atoms with van der Waals surface area (Å²) < 4.78 is 2.70. The molecule has 18 heavy (non-hydrogen) atoms. The molecule has 2 aromatic rings. The first kappa shape index (κ1) is 13.4. The lowest BCUT2D eigenvalue weighted by Gasteiger charge is -2.06. The van der Waals surface area contributed by atoms with Gasteiger partial charge in [-0.05, 0) is 27.6 Å². The molecule has 3 N–H and O–H groups in total. The highest BCUT2D eigenvalue weighted by atomic mass is 79.9. The first-order valence-electron chi connectivity index (χ1n) is 5.33. The van der Waals surface area contributed by atoms with E-state index in [1.807, 2.05) is 23.7 Å². The van der Waals surface area contributed by atoms with E-state index in [1.165, 1.54) is 0 Å². The lowest BCUT2D eigenvalue weighted by molar-refractivity contribution is -0.138. The molecule has 1 heterocycles. The molecule has 1 atom stereocenters. The number of hydrogen-bond donors (Lipinski definition) is 2. The molecule has 0 spiro atoms. The van der Waals surface area contributed by atoms with E-state index in [0.717, 1.165) is 21.1 Å². The third-order valence-electron chi connectivity index (χ3n) is 2.93. The molecule has 0 saturated heterocycles. The second-order valence-corrected chi connectivity index (χ2v) is 5.27. The Morgan fingerprint density at radius 2 is 2.28 bits per heavy atom. The maximum Gasteiger partial charge on any atom is 0.320 e. The molecule has 0 aliphatic heterocycles. The van der Waals surface area contributed by atoms with E-state index in [9.17, 15) is 4.79 Å². The van der Waals surface area contributed by atoms with Crippen LogP contribution in [-0.4, -0.2) is 21.7 Å². The third-order valence-corrected chi connectivity index (χ3v) is 4.25. The molecular formula is C12H12BrClN2O2. The summed E-state index contributed by atoms with van der Waals surface area (Å²) in [6.45, 7) is 0. The maximum atomic E-state index is 10.9. The molecule has 0 aliphatic rings. The van der Waals surface area contributed by atoms with Crippen molar-refractivity contribution in [1.29, 1.82) is 0 Å². The molecule has 6 heteroatoms. The minimum Gasteiger partial charge on any atom is -0.480 e. The molecular weight excluding hydrogens is 320 g/mol. The van der Waals surface area contributed by atoms with Crippen molar-refractivity contribution in [2.24, 2.45) is 12.8 Å². The van der Waals surface area contributed by atoms with Crippen LogP contribution < -0.4 is 5.73 Å². The summed E-state index contributed by atoms with van der Waals surface area (Å²) in [6.07, 6.45) is 0.258. The van der Waals surface area contributed by atoms with Crippen molar-refractivity contribution < 1.29 is 9.90 Å². The van der Waals surface area contributed by atoms with Gasteiger partial charge in [0.05, 0.1) is 15.1 Å². The summed E-state index contributed by atoms with van der Waals surface area (Å²) in [4.78, 5) is 10.9. The Bertz CT molecular complexity index is 624. The molecule has 2 rings (SSSR count). The van der Waals surface area contributed by atoms with Crippen LogP contribution in [0.15, 0.2) is 22.8 Å². The number of aliphatic carboxylic acids is 1. The van der Waals surface area contributed by atoms with Crippen LogP contribution in [0.1, 0.15) is 5.56 Å². The number of carboxylic acids is 1. The van der Waals surface area contributed by atoms with Gasteiger partial charge in [-0.2, -0.15) is 0 Å². The number of aromatic nitrogens is 1. The fourth-order valence-electron chi connectivity index (χ4n) is 2.01. The molecule has 4 nitrogen and oxygen atoms in total. The first-order chi connectivity index (χ1) is 8.43. The van der Waals surface area contributed by atoms with E-state index in [2.05, 4.69) is 15.9 Å². The largest absolute Gasteiger partial charge is 0.480 e. The SMILES string of the molecule is Cn1c(Br)c(CC(N)C(=O)O)c2cccc(Cl)c21. The Morgan fingerprint density at radius 3 is 2.89 bits per heavy atom. The highest BCUT2D eigenvalue weighted by Crippen LogP contribution is 2.34. The fraction of sp³-hybridized carbons (Fsp3) is 0.250. The van der Waals surface area contributed by atoms with E-state index < -0.39 is 12.0 Å². The highest BCUT2D eigenvalue weighted by Gasteiger charge is 2.20. The van der Waals surface area contributed by atoms with Crippen LogP contribution >= 0.6 is 27.5 Å². The van der Waals surface area contributed by atoms with Gasteiger partial charge < -0.3 is 15.4 Å². The molecule has 0 fully saturated rings. The number of aryl methyl sites for hydroxylation is 1. The minimum atomic E-state index is -1.01. The van der Waals surface area contributed by atoms with Crippen molar-refractivity contribution >= 4 is 44.4 Å². The van der Waals surface area contributed by atoms with Gasteiger partial charge in [-0.1, -0.05) is 23.7 Å². The molecule has 0 saturated carbocycles. The van der Waals surface area contributed by atoms with Crippen LogP contribution in [0.2, 0.25) is 5.02 Å². The Kier molecular flexibility index (Phi) is 3.66. The predicted molar refractivity (Wildman–Crippen MR) is 74.9 cm³/mol. The van der Waals surface area contributed by atoms with E-state index in [-0.39, 0.29) is 6.42 Å². The number of halogens is 2. The second kappa shape index (κ2) is 4.91. The highest BCUT2D eigenvalue weighted by molar-refractivity contribution is 9.10. The molecule has 1 aromatic carbocycles.